The highest BCUT2D eigenvalue weighted by atomic mass is 16.1. The zero-order chi connectivity index (χ0) is 15.4. The van der Waals surface area contributed by atoms with Crippen molar-refractivity contribution in [2.45, 2.75) is 26.8 Å². The Balaban J connectivity index is 2.27. The molecule has 5 nitrogen and oxygen atoms in total. The van der Waals surface area contributed by atoms with Crippen LogP contribution in [0, 0.1) is 13.8 Å². The summed E-state index contributed by atoms with van der Waals surface area (Å²) in [4.78, 5) is 20.4. The van der Waals surface area contributed by atoms with Crippen molar-refractivity contribution < 1.29 is 4.79 Å². The molecule has 0 spiro atoms. The standard InChI is InChI=1S/C16H20N4O/c1-10-5-6-13(16(21)17-4)9-14(10)20-12(3)15-11(2)18-7-8-19-15/h5-9,12,20H,1-4H3,(H,17,21). The van der Waals surface area contributed by atoms with Crippen LogP contribution in [0.1, 0.15) is 40.3 Å². The number of nitrogens with zero attached hydrogens (tertiary/aromatic N) is 2. The van der Waals surface area contributed by atoms with E-state index in [4.69, 9.17) is 0 Å². The predicted octanol–water partition coefficient (Wildman–Crippen LogP) is 2.63. The van der Waals surface area contributed by atoms with Crippen molar-refractivity contribution in [1.29, 1.82) is 0 Å². The molecule has 1 aromatic carbocycles. The summed E-state index contributed by atoms with van der Waals surface area (Å²) in [7, 11) is 1.63. The SMILES string of the molecule is CNC(=O)c1ccc(C)c(NC(C)c2nccnc2C)c1. The molecule has 1 amide bonds. The monoisotopic (exact) mass is 284 g/mol. The largest absolute Gasteiger partial charge is 0.377 e. The lowest BCUT2D eigenvalue weighted by Crippen LogP contribution is -2.18. The minimum Gasteiger partial charge on any atom is -0.377 e. The number of aryl methyl sites for hydroxylation is 2. The second-order valence-electron chi connectivity index (χ2n) is 5.00. The minimum absolute atomic E-state index is 0.0114. The summed E-state index contributed by atoms with van der Waals surface area (Å²) >= 11 is 0. The summed E-state index contributed by atoms with van der Waals surface area (Å²) in [5, 5.41) is 6.04. The maximum Gasteiger partial charge on any atom is 0.251 e. The van der Waals surface area contributed by atoms with Crippen LogP contribution in [-0.4, -0.2) is 22.9 Å². The van der Waals surface area contributed by atoms with E-state index in [0.717, 1.165) is 22.6 Å². The number of nitrogens with one attached hydrogen (secondary N) is 2. The molecule has 2 rings (SSSR count). The van der Waals surface area contributed by atoms with Crippen LogP contribution in [0.4, 0.5) is 5.69 Å². The quantitative estimate of drug-likeness (QED) is 0.905. The molecule has 1 heterocycles. The van der Waals surface area contributed by atoms with Gasteiger partial charge >= 0.3 is 0 Å². The summed E-state index contributed by atoms with van der Waals surface area (Å²) in [5.74, 6) is -0.0959. The smallest absolute Gasteiger partial charge is 0.251 e. The van der Waals surface area contributed by atoms with E-state index in [1.54, 1.807) is 19.4 Å². The zero-order valence-electron chi connectivity index (χ0n) is 12.8. The van der Waals surface area contributed by atoms with E-state index < -0.39 is 0 Å². The first kappa shape index (κ1) is 15.0. The summed E-state index contributed by atoms with van der Waals surface area (Å²) in [6.07, 6.45) is 3.37. The number of hydrogen-bond acceptors (Lipinski definition) is 4. The molecule has 0 aliphatic rings. The average Bonchev–Trinajstić information content (AvgIpc) is 2.49. The number of carbonyl (C=O) groups excluding carboxylic acids is 1. The first-order valence-electron chi connectivity index (χ1n) is 6.89. The lowest BCUT2D eigenvalue weighted by molar-refractivity contribution is 0.0963. The number of carbonyl (C=O) groups is 1. The van der Waals surface area contributed by atoms with Gasteiger partial charge in [-0.3, -0.25) is 14.8 Å². The van der Waals surface area contributed by atoms with E-state index in [9.17, 15) is 4.79 Å². The van der Waals surface area contributed by atoms with Gasteiger partial charge < -0.3 is 10.6 Å². The Kier molecular flexibility index (Phi) is 4.52. The molecule has 0 aliphatic carbocycles. The Morgan fingerprint density at radius 1 is 1.19 bits per heavy atom. The van der Waals surface area contributed by atoms with Crippen molar-refractivity contribution >= 4 is 11.6 Å². The van der Waals surface area contributed by atoms with Crippen molar-refractivity contribution in [3.63, 3.8) is 0 Å². The maximum absolute atomic E-state index is 11.7. The zero-order valence-corrected chi connectivity index (χ0v) is 12.8. The Morgan fingerprint density at radius 3 is 2.57 bits per heavy atom. The summed E-state index contributed by atoms with van der Waals surface area (Å²) in [6.45, 7) is 5.98. The third-order valence-corrected chi connectivity index (χ3v) is 3.43. The Bertz CT molecular complexity index is 654. The molecule has 0 aliphatic heterocycles. The molecule has 0 saturated carbocycles. The van der Waals surface area contributed by atoms with Crippen molar-refractivity contribution in [3.8, 4) is 0 Å². The molecule has 1 unspecified atom stereocenters. The Morgan fingerprint density at radius 2 is 1.90 bits per heavy atom. The highest BCUT2D eigenvalue weighted by Crippen LogP contribution is 2.23. The highest BCUT2D eigenvalue weighted by molar-refractivity contribution is 5.95. The molecule has 5 heteroatoms. The molecule has 1 atom stereocenters. The molecule has 0 saturated heterocycles. The van der Waals surface area contributed by atoms with Crippen LogP contribution in [0.15, 0.2) is 30.6 Å². The fourth-order valence-electron chi connectivity index (χ4n) is 2.21. The molecule has 2 N–H and O–H groups in total. The fourth-order valence-corrected chi connectivity index (χ4v) is 2.21. The van der Waals surface area contributed by atoms with Crippen LogP contribution in [0.2, 0.25) is 0 Å². The molecule has 2 aromatic rings. The molecule has 0 bridgehead atoms. The number of aromatic nitrogens is 2. The van der Waals surface area contributed by atoms with Crippen molar-refractivity contribution in [2.75, 3.05) is 12.4 Å². The third kappa shape index (κ3) is 3.37. The minimum atomic E-state index is -0.0959. The highest BCUT2D eigenvalue weighted by Gasteiger charge is 2.13. The number of benzene rings is 1. The van der Waals surface area contributed by atoms with Gasteiger partial charge in [0.2, 0.25) is 0 Å². The van der Waals surface area contributed by atoms with Gasteiger partial charge in [0.15, 0.2) is 0 Å². The van der Waals surface area contributed by atoms with Crippen LogP contribution in [0.25, 0.3) is 0 Å². The second-order valence-corrected chi connectivity index (χ2v) is 5.00. The lowest BCUT2D eigenvalue weighted by atomic mass is 10.1. The summed E-state index contributed by atoms with van der Waals surface area (Å²) in [5.41, 5.74) is 4.44. The van der Waals surface area contributed by atoms with Crippen LogP contribution in [0.3, 0.4) is 0 Å². The Labute approximate surface area is 124 Å². The van der Waals surface area contributed by atoms with Gasteiger partial charge in [-0.1, -0.05) is 6.07 Å². The number of amides is 1. The van der Waals surface area contributed by atoms with Gasteiger partial charge in [0.05, 0.1) is 17.4 Å². The van der Waals surface area contributed by atoms with Gasteiger partial charge in [-0.25, -0.2) is 0 Å². The number of hydrogen-bond donors (Lipinski definition) is 2. The molecule has 0 radical (unpaired) electrons. The van der Waals surface area contributed by atoms with Gasteiger partial charge in [-0.15, -0.1) is 0 Å². The second kappa shape index (κ2) is 6.35. The third-order valence-electron chi connectivity index (χ3n) is 3.43. The molecular formula is C16H20N4O. The van der Waals surface area contributed by atoms with Crippen LogP contribution in [-0.2, 0) is 0 Å². The van der Waals surface area contributed by atoms with E-state index >= 15 is 0 Å². The Hall–Kier alpha value is -2.43. The van der Waals surface area contributed by atoms with Gasteiger partial charge in [-0.2, -0.15) is 0 Å². The normalized spacial score (nSPS) is 11.8. The van der Waals surface area contributed by atoms with Gasteiger partial charge in [-0.05, 0) is 38.5 Å². The number of rotatable bonds is 4. The van der Waals surface area contributed by atoms with E-state index in [1.165, 1.54) is 0 Å². The number of anilines is 1. The van der Waals surface area contributed by atoms with Gasteiger partial charge in [0.25, 0.3) is 5.91 Å². The van der Waals surface area contributed by atoms with Crippen molar-refractivity contribution in [3.05, 3.63) is 53.1 Å². The average molecular weight is 284 g/mol. The molecule has 21 heavy (non-hydrogen) atoms. The summed E-state index contributed by atoms with van der Waals surface area (Å²) < 4.78 is 0. The van der Waals surface area contributed by atoms with Crippen LogP contribution < -0.4 is 10.6 Å². The van der Waals surface area contributed by atoms with Gasteiger partial charge in [0, 0.05) is 30.7 Å². The molecule has 1 aromatic heterocycles. The predicted molar refractivity (Wildman–Crippen MR) is 83.4 cm³/mol. The van der Waals surface area contributed by atoms with Crippen molar-refractivity contribution in [1.82, 2.24) is 15.3 Å². The van der Waals surface area contributed by atoms with E-state index in [2.05, 4.69) is 20.6 Å². The molecule has 0 fully saturated rings. The van der Waals surface area contributed by atoms with Crippen LogP contribution in [0.5, 0.6) is 0 Å². The molecule has 110 valence electrons. The first-order chi connectivity index (χ1) is 10.0. The van der Waals surface area contributed by atoms with E-state index in [-0.39, 0.29) is 11.9 Å². The topological polar surface area (TPSA) is 66.9 Å². The fraction of sp³-hybridized carbons (Fsp3) is 0.312. The molecular weight excluding hydrogens is 264 g/mol. The van der Waals surface area contributed by atoms with Gasteiger partial charge in [0.1, 0.15) is 0 Å². The van der Waals surface area contributed by atoms with Crippen LogP contribution >= 0.6 is 0 Å². The summed E-state index contributed by atoms with van der Waals surface area (Å²) in [6, 6.07) is 5.62. The lowest BCUT2D eigenvalue weighted by Gasteiger charge is -2.18. The maximum atomic E-state index is 11.7. The van der Waals surface area contributed by atoms with E-state index in [0.29, 0.717) is 5.56 Å². The van der Waals surface area contributed by atoms with E-state index in [1.807, 2.05) is 39.0 Å². The van der Waals surface area contributed by atoms with Crippen molar-refractivity contribution in [2.24, 2.45) is 0 Å². The first-order valence-corrected chi connectivity index (χ1v) is 6.89.